The largest absolute Gasteiger partial charge is 0.497 e. The first kappa shape index (κ1) is 15.3. The Balaban J connectivity index is 1.61. The first-order chi connectivity index (χ1) is 11.3. The third kappa shape index (κ3) is 3.77. The van der Waals surface area contributed by atoms with Crippen LogP contribution in [0.25, 0.3) is 0 Å². The number of carbonyl (C=O) groups is 1. The number of hydrazine groups is 1. The number of fused-ring (bicyclic) bond motifs is 1. The van der Waals surface area contributed by atoms with Crippen LogP contribution in [0.5, 0.6) is 5.75 Å². The van der Waals surface area contributed by atoms with Crippen molar-refractivity contribution in [2.75, 3.05) is 12.5 Å². The maximum absolute atomic E-state index is 12.2. The van der Waals surface area contributed by atoms with Gasteiger partial charge in [0.1, 0.15) is 5.75 Å². The highest BCUT2D eigenvalue weighted by Gasteiger charge is 2.23. The van der Waals surface area contributed by atoms with E-state index < -0.39 is 0 Å². The lowest BCUT2D eigenvalue weighted by Crippen LogP contribution is -2.31. The Hall–Kier alpha value is -2.63. The number of nitrogens with one attached hydrogen (secondary N) is 2. The Kier molecular flexibility index (Phi) is 4.71. The summed E-state index contributed by atoms with van der Waals surface area (Å²) < 4.78 is 5.28. The van der Waals surface area contributed by atoms with E-state index in [9.17, 15) is 4.79 Å². The van der Waals surface area contributed by atoms with Crippen molar-refractivity contribution in [2.45, 2.75) is 31.6 Å². The van der Waals surface area contributed by atoms with Crippen molar-refractivity contribution in [1.82, 2.24) is 15.4 Å². The zero-order chi connectivity index (χ0) is 16.1. The molecule has 23 heavy (non-hydrogen) atoms. The van der Waals surface area contributed by atoms with Crippen molar-refractivity contribution in [3.63, 3.8) is 0 Å². The van der Waals surface area contributed by atoms with Crippen LogP contribution in [0.4, 0.5) is 5.95 Å². The standard InChI is InChI=1S/C17H20N4O2/c1-23-14-6-7-15-12(10-14)4-2-5-13(15)11-16(22)20-21-17-18-8-3-9-19-17/h3,6-10,13H,2,4-5,11H2,1H3,(H,20,22)(H,18,19,21). The third-order valence-corrected chi connectivity index (χ3v) is 4.10. The van der Waals surface area contributed by atoms with Gasteiger partial charge < -0.3 is 4.74 Å². The van der Waals surface area contributed by atoms with Crippen molar-refractivity contribution in [2.24, 2.45) is 0 Å². The third-order valence-electron chi connectivity index (χ3n) is 4.10. The molecule has 0 saturated carbocycles. The molecular weight excluding hydrogens is 292 g/mol. The summed E-state index contributed by atoms with van der Waals surface area (Å²) in [5.74, 6) is 1.43. The zero-order valence-corrected chi connectivity index (χ0v) is 13.1. The van der Waals surface area contributed by atoms with E-state index in [4.69, 9.17) is 4.74 Å². The summed E-state index contributed by atoms with van der Waals surface area (Å²) in [6.07, 6.45) is 6.83. The molecule has 1 aliphatic carbocycles. The molecule has 2 aromatic rings. The Morgan fingerprint density at radius 3 is 2.96 bits per heavy atom. The highest BCUT2D eigenvalue weighted by Crippen LogP contribution is 2.35. The summed E-state index contributed by atoms with van der Waals surface area (Å²) in [4.78, 5) is 20.2. The summed E-state index contributed by atoms with van der Waals surface area (Å²) in [6, 6.07) is 7.85. The SMILES string of the molecule is COc1ccc2c(c1)CCCC2CC(=O)NNc1ncccn1. The van der Waals surface area contributed by atoms with Gasteiger partial charge in [0.05, 0.1) is 7.11 Å². The van der Waals surface area contributed by atoms with Gasteiger partial charge in [0.2, 0.25) is 11.9 Å². The second-order valence-electron chi connectivity index (χ2n) is 5.60. The molecule has 1 aromatic carbocycles. The molecule has 0 aliphatic heterocycles. The summed E-state index contributed by atoms with van der Waals surface area (Å²) in [5.41, 5.74) is 7.93. The van der Waals surface area contributed by atoms with Gasteiger partial charge in [0.25, 0.3) is 0 Å². The van der Waals surface area contributed by atoms with Gasteiger partial charge in [-0.25, -0.2) is 9.97 Å². The number of benzene rings is 1. The van der Waals surface area contributed by atoms with Gasteiger partial charge in [-0.2, -0.15) is 0 Å². The molecule has 2 N–H and O–H groups in total. The van der Waals surface area contributed by atoms with Gasteiger partial charge >= 0.3 is 0 Å². The van der Waals surface area contributed by atoms with Crippen molar-refractivity contribution < 1.29 is 9.53 Å². The summed E-state index contributed by atoms with van der Waals surface area (Å²) in [5, 5.41) is 0. The number of rotatable bonds is 5. The van der Waals surface area contributed by atoms with Gasteiger partial charge in [-0.3, -0.25) is 15.6 Å². The highest BCUT2D eigenvalue weighted by molar-refractivity contribution is 5.78. The molecule has 0 bridgehead atoms. The molecule has 120 valence electrons. The second-order valence-corrected chi connectivity index (χ2v) is 5.60. The van der Waals surface area contributed by atoms with Crippen molar-refractivity contribution in [3.8, 4) is 5.75 Å². The van der Waals surface area contributed by atoms with E-state index in [0.717, 1.165) is 25.0 Å². The van der Waals surface area contributed by atoms with E-state index in [-0.39, 0.29) is 11.8 Å². The number of anilines is 1. The molecule has 1 aliphatic rings. The monoisotopic (exact) mass is 312 g/mol. The van der Waals surface area contributed by atoms with Crippen molar-refractivity contribution >= 4 is 11.9 Å². The Bertz CT molecular complexity index is 676. The summed E-state index contributed by atoms with van der Waals surface area (Å²) >= 11 is 0. The fourth-order valence-corrected chi connectivity index (χ4v) is 2.99. The zero-order valence-electron chi connectivity index (χ0n) is 13.1. The van der Waals surface area contributed by atoms with Gasteiger partial charge in [0, 0.05) is 18.8 Å². The number of ether oxygens (including phenoxy) is 1. The fourth-order valence-electron chi connectivity index (χ4n) is 2.99. The van der Waals surface area contributed by atoms with Crippen LogP contribution in [0, 0.1) is 0 Å². The first-order valence-electron chi connectivity index (χ1n) is 7.75. The summed E-state index contributed by atoms with van der Waals surface area (Å²) in [6.45, 7) is 0. The molecule has 0 radical (unpaired) electrons. The second kappa shape index (κ2) is 7.09. The normalized spacial score (nSPS) is 16.3. The number of methoxy groups -OCH3 is 1. The number of hydrogen-bond acceptors (Lipinski definition) is 5. The molecular formula is C17H20N4O2. The van der Waals surface area contributed by atoms with Crippen LogP contribution in [0.2, 0.25) is 0 Å². The molecule has 1 unspecified atom stereocenters. The predicted molar refractivity (Wildman–Crippen MR) is 87.1 cm³/mol. The number of carbonyl (C=O) groups excluding carboxylic acids is 1. The predicted octanol–water partition coefficient (Wildman–Crippen LogP) is 2.44. The quantitative estimate of drug-likeness (QED) is 0.829. The van der Waals surface area contributed by atoms with Crippen molar-refractivity contribution in [1.29, 1.82) is 0 Å². The Labute approximate surface area is 135 Å². The highest BCUT2D eigenvalue weighted by atomic mass is 16.5. The van der Waals surface area contributed by atoms with E-state index >= 15 is 0 Å². The van der Waals surface area contributed by atoms with Crippen LogP contribution in [0.3, 0.4) is 0 Å². The Morgan fingerprint density at radius 1 is 1.35 bits per heavy atom. The van der Waals surface area contributed by atoms with Gasteiger partial charge in [0.15, 0.2) is 0 Å². The maximum atomic E-state index is 12.2. The number of aromatic nitrogens is 2. The van der Waals surface area contributed by atoms with Crippen LogP contribution < -0.4 is 15.6 Å². The molecule has 6 heteroatoms. The molecule has 1 amide bonds. The summed E-state index contributed by atoms with van der Waals surface area (Å²) in [7, 11) is 1.67. The number of aryl methyl sites for hydroxylation is 1. The van der Waals surface area contributed by atoms with Crippen LogP contribution in [0.1, 0.15) is 36.3 Å². The van der Waals surface area contributed by atoms with E-state index in [1.807, 2.05) is 6.07 Å². The first-order valence-corrected chi connectivity index (χ1v) is 7.75. The van der Waals surface area contributed by atoms with Crippen LogP contribution >= 0.6 is 0 Å². The number of hydrogen-bond donors (Lipinski definition) is 2. The van der Waals surface area contributed by atoms with Gasteiger partial charge in [-0.1, -0.05) is 6.07 Å². The van der Waals surface area contributed by atoms with Gasteiger partial charge in [-0.15, -0.1) is 0 Å². The maximum Gasteiger partial charge on any atom is 0.241 e. The lowest BCUT2D eigenvalue weighted by atomic mass is 9.81. The minimum atomic E-state index is -0.0638. The number of amides is 1. The molecule has 1 atom stereocenters. The molecule has 3 rings (SSSR count). The molecule has 0 spiro atoms. The molecule has 0 saturated heterocycles. The van der Waals surface area contributed by atoms with E-state index in [1.165, 1.54) is 11.1 Å². The lowest BCUT2D eigenvalue weighted by molar-refractivity contribution is -0.121. The minimum Gasteiger partial charge on any atom is -0.497 e. The van der Waals surface area contributed by atoms with E-state index in [2.05, 4.69) is 33.0 Å². The smallest absolute Gasteiger partial charge is 0.241 e. The molecule has 1 aromatic heterocycles. The molecule has 1 heterocycles. The topological polar surface area (TPSA) is 76.1 Å². The van der Waals surface area contributed by atoms with Crippen molar-refractivity contribution in [3.05, 3.63) is 47.8 Å². The average molecular weight is 312 g/mol. The Morgan fingerprint density at radius 2 is 2.17 bits per heavy atom. The number of nitrogens with zero attached hydrogens (tertiary/aromatic N) is 2. The van der Waals surface area contributed by atoms with E-state index in [1.54, 1.807) is 25.6 Å². The lowest BCUT2D eigenvalue weighted by Gasteiger charge is -2.25. The fraction of sp³-hybridized carbons (Fsp3) is 0.353. The van der Waals surface area contributed by atoms with Crippen LogP contribution in [0.15, 0.2) is 36.7 Å². The van der Waals surface area contributed by atoms with Crippen LogP contribution in [-0.2, 0) is 11.2 Å². The molecule has 0 fully saturated rings. The van der Waals surface area contributed by atoms with Crippen LogP contribution in [-0.4, -0.2) is 23.0 Å². The van der Waals surface area contributed by atoms with Gasteiger partial charge in [-0.05, 0) is 54.5 Å². The average Bonchev–Trinajstić information content (AvgIpc) is 2.60. The van der Waals surface area contributed by atoms with E-state index in [0.29, 0.717) is 12.4 Å². The molecule has 6 nitrogen and oxygen atoms in total. The minimum absolute atomic E-state index is 0.0638.